The van der Waals surface area contributed by atoms with E-state index in [1.54, 1.807) is 7.05 Å². The van der Waals surface area contributed by atoms with Gasteiger partial charge in [-0.1, -0.05) is 11.6 Å². The fraction of sp³-hybridized carbons (Fsp3) is 0.800. The molecule has 1 N–H and O–H groups in total. The number of rotatable bonds is 6. The van der Waals surface area contributed by atoms with Crippen LogP contribution in [0.25, 0.3) is 0 Å². The van der Waals surface area contributed by atoms with Crippen molar-refractivity contribution in [2.75, 3.05) is 20.3 Å². The van der Waals surface area contributed by atoms with Crippen LogP contribution in [0, 0.1) is 0 Å². The van der Waals surface area contributed by atoms with Crippen molar-refractivity contribution in [3.05, 3.63) is 11.6 Å². The summed E-state index contributed by atoms with van der Waals surface area (Å²) in [6, 6.07) is 0.0724. The molecule has 0 fully saturated rings. The van der Waals surface area contributed by atoms with E-state index in [4.69, 9.17) is 0 Å². The van der Waals surface area contributed by atoms with Gasteiger partial charge in [0.25, 0.3) is 0 Å². The van der Waals surface area contributed by atoms with Crippen LogP contribution in [0.4, 0.5) is 13.2 Å². The van der Waals surface area contributed by atoms with Gasteiger partial charge < -0.3 is 10.1 Å². The third-order valence-corrected chi connectivity index (χ3v) is 1.74. The SMILES string of the molecule is CNC(C=C(C)C)CCOCC(F)(F)F. The van der Waals surface area contributed by atoms with Gasteiger partial charge >= 0.3 is 6.18 Å². The van der Waals surface area contributed by atoms with Crippen molar-refractivity contribution in [1.82, 2.24) is 5.32 Å². The molecule has 90 valence electrons. The zero-order valence-corrected chi connectivity index (χ0v) is 9.32. The molecule has 0 saturated carbocycles. The summed E-state index contributed by atoms with van der Waals surface area (Å²) in [6.45, 7) is 2.83. The first-order valence-electron chi connectivity index (χ1n) is 4.82. The van der Waals surface area contributed by atoms with Crippen LogP contribution >= 0.6 is 0 Å². The summed E-state index contributed by atoms with van der Waals surface area (Å²) >= 11 is 0. The molecule has 15 heavy (non-hydrogen) atoms. The zero-order chi connectivity index (χ0) is 11.9. The molecular formula is C10H18F3NO. The molecule has 0 saturated heterocycles. The van der Waals surface area contributed by atoms with Gasteiger partial charge in [0.15, 0.2) is 0 Å². The highest BCUT2D eigenvalue weighted by Gasteiger charge is 2.27. The van der Waals surface area contributed by atoms with E-state index in [1.807, 2.05) is 19.9 Å². The molecule has 1 atom stereocenters. The summed E-state index contributed by atoms with van der Waals surface area (Å²) in [5.41, 5.74) is 1.13. The Morgan fingerprint density at radius 2 is 2.00 bits per heavy atom. The lowest BCUT2D eigenvalue weighted by Gasteiger charge is -2.13. The summed E-state index contributed by atoms with van der Waals surface area (Å²) in [5.74, 6) is 0. The number of allylic oxidation sites excluding steroid dienone is 1. The molecular weight excluding hydrogens is 207 g/mol. The fourth-order valence-corrected chi connectivity index (χ4v) is 1.11. The Hall–Kier alpha value is -0.550. The number of hydrogen-bond donors (Lipinski definition) is 1. The van der Waals surface area contributed by atoms with Crippen LogP contribution in [-0.2, 0) is 4.74 Å². The highest BCUT2D eigenvalue weighted by molar-refractivity contribution is 5.00. The zero-order valence-electron chi connectivity index (χ0n) is 9.32. The molecule has 0 heterocycles. The minimum absolute atomic E-state index is 0.0724. The minimum Gasteiger partial charge on any atom is -0.372 e. The van der Waals surface area contributed by atoms with Crippen molar-refractivity contribution in [2.45, 2.75) is 32.5 Å². The van der Waals surface area contributed by atoms with E-state index in [-0.39, 0.29) is 12.6 Å². The molecule has 0 rings (SSSR count). The van der Waals surface area contributed by atoms with Gasteiger partial charge in [0, 0.05) is 12.6 Å². The van der Waals surface area contributed by atoms with Gasteiger partial charge in [-0.2, -0.15) is 13.2 Å². The van der Waals surface area contributed by atoms with E-state index in [9.17, 15) is 13.2 Å². The summed E-state index contributed by atoms with van der Waals surface area (Å²) in [6.07, 6.45) is -1.72. The van der Waals surface area contributed by atoms with E-state index in [0.717, 1.165) is 5.57 Å². The van der Waals surface area contributed by atoms with Gasteiger partial charge in [0.2, 0.25) is 0 Å². The first-order valence-corrected chi connectivity index (χ1v) is 4.82. The van der Waals surface area contributed by atoms with Crippen LogP contribution in [0.15, 0.2) is 11.6 Å². The van der Waals surface area contributed by atoms with Crippen LogP contribution in [-0.4, -0.2) is 32.5 Å². The van der Waals surface area contributed by atoms with Crippen molar-refractivity contribution in [3.63, 3.8) is 0 Å². The van der Waals surface area contributed by atoms with Crippen LogP contribution in [0.2, 0.25) is 0 Å². The summed E-state index contributed by atoms with van der Waals surface area (Å²) in [7, 11) is 1.77. The Balaban J connectivity index is 3.69. The summed E-state index contributed by atoms with van der Waals surface area (Å²) < 4.78 is 39.7. The molecule has 0 aliphatic rings. The Morgan fingerprint density at radius 1 is 1.40 bits per heavy atom. The van der Waals surface area contributed by atoms with Crippen molar-refractivity contribution in [1.29, 1.82) is 0 Å². The van der Waals surface area contributed by atoms with E-state index >= 15 is 0 Å². The van der Waals surface area contributed by atoms with Crippen LogP contribution in [0.3, 0.4) is 0 Å². The minimum atomic E-state index is -4.23. The topological polar surface area (TPSA) is 21.3 Å². The van der Waals surface area contributed by atoms with Gasteiger partial charge in [0.05, 0.1) is 0 Å². The number of hydrogen-bond acceptors (Lipinski definition) is 2. The number of nitrogens with one attached hydrogen (secondary N) is 1. The van der Waals surface area contributed by atoms with Crippen molar-refractivity contribution >= 4 is 0 Å². The van der Waals surface area contributed by atoms with Gasteiger partial charge in [-0.15, -0.1) is 0 Å². The molecule has 0 spiro atoms. The number of ether oxygens (including phenoxy) is 1. The normalized spacial score (nSPS) is 13.7. The van der Waals surface area contributed by atoms with Crippen LogP contribution < -0.4 is 5.32 Å². The molecule has 0 aliphatic carbocycles. The molecule has 0 aliphatic heterocycles. The monoisotopic (exact) mass is 225 g/mol. The average molecular weight is 225 g/mol. The molecule has 1 unspecified atom stereocenters. The molecule has 0 amide bonds. The Morgan fingerprint density at radius 3 is 2.40 bits per heavy atom. The third kappa shape index (κ3) is 9.75. The van der Waals surface area contributed by atoms with E-state index in [0.29, 0.717) is 6.42 Å². The van der Waals surface area contributed by atoms with Crippen molar-refractivity contribution < 1.29 is 17.9 Å². The smallest absolute Gasteiger partial charge is 0.372 e. The Kier molecular flexibility index (Phi) is 6.60. The summed E-state index contributed by atoms with van der Waals surface area (Å²) in [4.78, 5) is 0. The van der Waals surface area contributed by atoms with E-state index < -0.39 is 12.8 Å². The van der Waals surface area contributed by atoms with Gasteiger partial charge in [0.1, 0.15) is 6.61 Å². The fourth-order valence-electron chi connectivity index (χ4n) is 1.11. The maximum absolute atomic E-state index is 11.7. The predicted octanol–water partition coefficient (Wildman–Crippen LogP) is 2.51. The highest BCUT2D eigenvalue weighted by Crippen LogP contribution is 2.14. The standard InChI is InChI=1S/C10H18F3NO/c1-8(2)6-9(14-3)4-5-15-7-10(11,12)13/h6,9,14H,4-5,7H2,1-3H3. The Bertz CT molecular complexity index is 197. The largest absolute Gasteiger partial charge is 0.411 e. The van der Waals surface area contributed by atoms with Crippen LogP contribution in [0.1, 0.15) is 20.3 Å². The highest BCUT2D eigenvalue weighted by atomic mass is 19.4. The Labute approximate surface area is 88.5 Å². The first kappa shape index (κ1) is 14.5. The average Bonchev–Trinajstić information content (AvgIpc) is 2.08. The lowest BCUT2D eigenvalue weighted by Crippen LogP contribution is -2.26. The van der Waals surface area contributed by atoms with Gasteiger partial charge in [-0.25, -0.2) is 0 Å². The maximum atomic E-state index is 11.7. The second-order valence-electron chi connectivity index (χ2n) is 3.60. The molecule has 5 heteroatoms. The molecule has 0 radical (unpaired) electrons. The van der Waals surface area contributed by atoms with Gasteiger partial charge in [-0.05, 0) is 27.3 Å². The second kappa shape index (κ2) is 6.85. The van der Waals surface area contributed by atoms with Gasteiger partial charge in [-0.3, -0.25) is 0 Å². The second-order valence-corrected chi connectivity index (χ2v) is 3.60. The molecule has 0 aromatic rings. The van der Waals surface area contributed by atoms with Crippen molar-refractivity contribution in [3.8, 4) is 0 Å². The lowest BCUT2D eigenvalue weighted by atomic mass is 10.1. The quantitative estimate of drug-likeness (QED) is 0.554. The molecule has 0 aromatic heterocycles. The third-order valence-electron chi connectivity index (χ3n) is 1.74. The number of likely N-dealkylation sites (N-methyl/N-ethyl adjacent to an activating group) is 1. The van der Waals surface area contributed by atoms with E-state index in [2.05, 4.69) is 10.1 Å². The maximum Gasteiger partial charge on any atom is 0.411 e. The number of halogens is 3. The van der Waals surface area contributed by atoms with E-state index in [1.165, 1.54) is 0 Å². The molecule has 0 bridgehead atoms. The van der Waals surface area contributed by atoms with Crippen LogP contribution in [0.5, 0.6) is 0 Å². The molecule has 2 nitrogen and oxygen atoms in total. The predicted molar refractivity (Wildman–Crippen MR) is 53.8 cm³/mol. The first-order chi connectivity index (χ1) is 6.85. The molecule has 0 aromatic carbocycles. The lowest BCUT2D eigenvalue weighted by molar-refractivity contribution is -0.174. The summed E-state index contributed by atoms with van der Waals surface area (Å²) in [5, 5.41) is 2.99. The number of alkyl halides is 3. The van der Waals surface area contributed by atoms with Crippen molar-refractivity contribution in [2.24, 2.45) is 0 Å².